The van der Waals surface area contributed by atoms with E-state index in [2.05, 4.69) is 31.2 Å². The third kappa shape index (κ3) is 5.69. The Morgan fingerprint density at radius 1 is 1.33 bits per heavy atom. The van der Waals surface area contributed by atoms with Gasteiger partial charge in [-0.15, -0.1) is 11.8 Å². The second kappa shape index (κ2) is 8.41. The molecule has 1 fully saturated rings. The smallest absolute Gasteiger partial charge is 0.222 e. The molecule has 116 valence electrons. The fraction of sp³-hybridized carbons (Fsp3) is 0.562. The second-order valence-electron chi connectivity index (χ2n) is 5.31. The summed E-state index contributed by atoms with van der Waals surface area (Å²) in [5, 5.41) is 10.00. The number of aliphatic hydroxyl groups excluding tert-OH is 1. The Kier molecular flexibility index (Phi) is 6.54. The van der Waals surface area contributed by atoms with Gasteiger partial charge in [-0.25, -0.2) is 0 Å². The van der Waals surface area contributed by atoms with Crippen LogP contribution < -0.4 is 0 Å². The van der Waals surface area contributed by atoms with E-state index in [0.29, 0.717) is 44.9 Å². The van der Waals surface area contributed by atoms with E-state index in [1.165, 1.54) is 5.56 Å². The summed E-state index contributed by atoms with van der Waals surface area (Å²) in [6.45, 7) is 4.65. The average molecular weight is 309 g/mol. The third-order valence-electron chi connectivity index (χ3n) is 3.52. The summed E-state index contributed by atoms with van der Waals surface area (Å²) in [5.74, 6) is 0.747. The lowest BCUT2D eigenvalue weighted by Gasteiger charge is -2.27. The third-order valence-corrected chi connectivity index (χ3v) is 4.68. The second-order valence-corrected chi connectivity index (χ2v) is 6.40. The van der Waals surface area contributed by atoms with Gasteiger partial charge in [0.1, 0.15) is 0 Å². The Morgan fingerprint density at radius 2 is 2.00 bits per heavy atom. The zero-order valence-electron chi connectivity index (χ0n) is 12.5. The molecule has 0 aromatic heterocycles. The molecule has 0 spiro atoms. The van der Waals surface area contributed by atoms with Crippen LogP contribution in [-0.2, 0) is 9.53 Å². The van der Waals surface area contributed by atoms with Crippen molar-refractivity contribution >= 4 is 17.7 Å². The number of nitrogens with zero attached hydrogens (tertiary/aromatic N) is 1. The predicted molar refractivity (Wildman–Crippen MR) is 84.5 cm³/mol. The molecule has 1 N–H and O–H groups in total. The average Bonchev–Trinajstić information content (AvgIpc) is 2.53. The highest BCUT2D eigenvalue weighted by Gasteiger charge is 2.17. The number of morpholine rings is 1. The van der Waals surface area contributed by atoms with Gasteiger partial charge in [0.05, 0.1) is 19.3 Å². The van der Waals surface area contributed by atoms with Crippen molar-refractivity contribution in [3.05, 3.63) is 29.8 Å². The van der Waals surface area contributed by atoms with Crippen LogP contribution in [0.15, 0.2) is 29.2 Å². The number of rotatable bonds is 6. The minimum Gasteiger partial charge on any atom is -0.392 e. The Labute approximate surface area is 130 Å². The fourth-order valence-electron chi connectivity index (χ4n) is 2.17. The fourth-order valence-corrected chi connectivity index (χ4v) is 3.05. The van der Waals surface area contributed by atoms with Crippen molar-refractivity contribution in [2.24, 2.45) is 0 Å². The summed E-state index contributed by atoms with van der Waals surface area (Å²) in [5.41, 5.74) is 1.23. The van der Waals surface area contributed by atoms with Crippen molar-refractivity contribution in [3.63, 3.8) is 0 Å². The monoisotopic (exact) mass is 309 g/mol. The first-order chi connectivity index (χ1) is 10.1. The molecule has 0 radical (unpaired) electrons. The Morgan fingerprint density at radius 3 is 2.67 bits per heavy atom. The highest BCUT2D eigenvalue weighted by atomic mass is 32.2. The Balaban J connectivity index is 1.65. The quantitative estimate of drug-likeness (QED) is 0.818. The first-order valence-corrected chi connectivity index (χ1v) is 8.37. The van der Waals surface area contributed by atoms with Crippen molar-refractivity contribution in [2.75, 3.05) is 32.1 Å². The van der Waals surface area contributed by atoms with Crippen molar-refractivity contribution in [2.45, 2.75) is 30.8 Å². The molecule has 1 aromatic carbocycles. The molecule has 0 bridgehead atoms. The molecule has 1 aromatic rings. The van der Waals surface area contributed by atoms with Crippen molar-refractivity contribution in [1.29, 1.82) is 0 Å². The van der Waals surface area contributed by atoms with E-state index in [1.54, 1.807) is 11.8 Å². The molecule has 1 atom stereocenters. The lowest BCUT2D eigenvalue weighted by atomic mass is 10.2. The van der Waals surface area contributed by atoms with Crippen LogP contribution in [0.5, 0.6) is 0 Å². The largest absolute Gasteiger partial charge is 0.392 e. The van der Waals surface area contributed by atoms with Crippen LogP contribution in [0.2, 0.25) is 0 Å². The molecular formula is C16H23NO3S. The van der Waals surface area contributed by atoms with Crippen LogP contribution in [0.25, 0.3) is 0 Å². The molecule has 21 heavy (non-hydrogen) atoms. The number of benzene rings is 1. The first-order valence-electron chi connectivity index (χ1n) is 7.38. The number of aryl methyl sites for hydroxylation is 1. The summed E-state index contributed by atoms with van der Waals surface area (Å²) < 4.78 is 5.22. The van der Waals surface area contributed by atoms with E-state index in [4.69, 9.17) is 4.74 Å². The topological polar surface area (TPSA) is 49.8 Å². The summed E-state index contributed by atoms with van der Waals surface area (Å²) in [6.07, 6.45) is 0.492. The molecular weight excluding hydrogens is 286 g/mol. The van der Waals surface area contributed by atoms with E-state index < -0.39 is 6.10 Å². The van der Waals surface area contributed by atoms with Crippen LogP contribution in [0, 0.1) is 6.92 Å². The van der Waals surface area contributed by atoms with Gasteiger partial charge in [-0.05, 0) is 25.5 Å². The molecule has 5 heteroatoms. The number of hydrogen-bond acceptors (Lipinski definition) is 4. The van der Waals surface area contributed by atoms with Crippen LogP contribution >= 0.6 is 11.8 Å². The van der Waals surface area contributed by atoms with Crippen molar-refractivity contribution < 1.29 is 14.6 Å². The molecule has 1 unspecified atom stereocenters. The summed E-state index contributed by atoms with van der Waals surface area (Å²) in [4.78, 5) is 14.9. The molecule has 0 aliphatic carbocycles. The first kappa shape index (κ1) is 16.3. The molecule has 1 heterocycles. The Bertz CT molecular complexity index is 443. The molecule has 0 saturated carbocycles. The standard InChI is InChI=1S/C16H23NO3S/c1-13-2-5-15(6-3-13)21-12-14(18)4-7-16(19)17-8-10-20-11-9-17/h2-3,5-6,14,18H,4,7-12H2,1H3. The van der Waals surface area contributed by atoms with Gasteiger partial charge in [0.25, 0.3) is 0 Å². The van der Waals surface area contributed by atoms with Crippen LogP contribution in [0.1, 0.15) is 18.4 Å². The number of hydrogen-bond donors (Lipinski definition) is 1. The van der Waals surface area contributed by atoms with Crippen LogP contribution in [-0.4, -0.2) is 54.1 Å². The SMILES string of the molecule is Cc1ccc(SCC(O)CCC(=O)N2CCOCC2)cc1. The van der Waals surface area contributed by atoms with E-state index >= 15 is 0 Å². The zero-order valence-corrected chi connectivity index (χ0v) is 13.3. The van der Waals surface area contributed by atoms with Gasteiger partial charge in [-0.2, -0.15) is 0 Å². The van der Waals surface area contributed by atoms with E-state index in [1.807, 2.05) is 4.90 Å². The van der Waals surface area contributed by atoms with Crippen LogP contribution in [0.3, 0.4) is 0 Å². The number of aliphatic hydroxyl groups is 1. The predicted octanol–water partition coefficient (Wildman–Crippen LogP) is 2.09. The number of carbonyl (C=O) groups excluding carboxylic acids is 1. The molecule has 2 rings (SSSR count). The highest BCUT2D eigenvalue weighted by Crippen LogP contribution is 2.20. The van der Waals surface area contributed by atoms with Crippen molar-refractivity contribution in [1.82, 2.24) is 4.90 Å². The number of amides is 1. The molecule has 1 saturated heterocycles. The minimum absolute atomic E-state index is 0.123. The van der Waals surface area contributed by atoms with Crippen LogP contribution in [0.4, 0.5) is 0 Å². The maximum atomic E-state index is 12.0. The summed E-state index contributed by atoms with van der Waals surface area (Å²) >= 11 is 1.63. The van der Waals surface area contributed by atoms with Gasteiger partial charge in [-0.3, -0.25) is 4.79 Å². The van der Waals surface area contributed by atoms with Crippen molar-refractivity contribution in [3.8, 4) is 0 Å². The van der Waals surface area contributed by atoms with E-state index in [-0.39, 0.29) is 5.91 Å². The zero-order chi connectivity index (χ0) is 15.1. The number of carbonyl (C=O) groups is 1. The molecule has 1 amide bonds. The Hall–Kier alpha value is -1.04. The minimum atomic E-state index is -0.443. The molecule has 1 aliphatic rings. The highest BCUT2D eigenvalue weighted by molar-refractivity contribution is 7.99. The number of thioether (sulfide) groups is 1. The summed E-state index contributed by atoms with van der Waals surface area (Å²) in [7, 11) is 0. The summed E-state index contributed by atoms with van der Waals surface area (Å²) in [6, 6.07) is 8.25. The van der Waals surface area contributed by atoms with Gasteiger partial charge in [0.2, 0.25) is 5.91 Å². The normalized spacial score (nSPS) is 16.8. The maximum absolute atomic E-state index is 12.0. The van der Waals surface area contributed by atoms with Gasteiger partial charge >= 0.3 is 0 Å². The van der Waals surface area contributed by atoms with Gasteiger partial charge < -0.3 is 14.7 Å². The van der Waals surface area contributed by atoms with E-state index in [9.17, 15) is 9.90 Å². The molecule has 1 aliphatic heterocycles. The lowest BCUT2D eigenvalue weighted by Crippen LogP contribution is -2.40. The van der Waals surface area contributed by atoms with E-state index in [0.717, 1.165) is 4.90 Å². The maximum Gasteiger partial charge on any atom is 0.222 e. The number of ether oxygens (including phenoxy) is 1. The molecule has 4 nitrogen and oxygen atoms in total. The lowest BCUT2D eigenvalue weighted by molar-refractivity contribution is -0.135. The van der Waals surface area contributed by atoms with Gasteiger partial charge in [-0.1, -0.05) is 17.7 Å². The van der Waals surface area contributed by atoms with Gasteiger partial charge in [0, 0.05) is 30.2 Å². The van der Waals surface area contributed by atoms with Gasteiger partial charge in [0.15, 0.2) is 0 Å².